The van der Waals surface area contributed by atoms with Gasteiger partial charge in [0.25, 0.3) is 0 Å². The van der Waals surface area contributed by atoms with Crippen LogP contribution in [0.2, 0.25) is 0 Å². The van der Waals surface area contributed by atoms with Gasteiger partial charge in [-0.1, -0.05) is 0 Å². The zero-order valence-corrected chi connectivity index (χ0v) is 9.32. The highest BCUT2D eigenvalue weighted by Crippen LogP contribution is 2.28. The van der Waals surface area contributed by atoms with Crippen molar-refractivity contribution in [3.63, 3.8) is 0 Å². The topological polar surface area (TPSA) is 59.3 Å². The van der Waals surface area contributed by atoms with Crippen molar-refractivity contribution in [2.75, 3.05) is 0 Å². The van der Waals surface area contributed by atoms with Crippen LogP contribution in [0.25, 0.3) is 11.1 Å². The molecule has 0 aromatic carbocycles. The van der Waals surface area contributed by atoms with Gasteiger partial charge >= 0.3 is 5.97 Å². The zero-order chi connectivity index (χ0) is 12.7. The van der Waals surface area contributed by atoms with Crippen molar-refractivity contribution >= 4 is 5.97 Å². The molecule has 4 nitrogen and oxygen atoms in total. The van der Waals surface area contributed by atoms with Crippen molar-refractivity contribution in [2.24, 2.45) is 7.05 Å². The van der Waals surface area contributed by atoms with Gasteiger partial charge in [-0.2, -0.15) is 0 Å². The maximum Gasteiger partial charge on any atom is 0.338 e. The first-order valence-corrected chi connectivity index (χ1v) is 4.94. The molecule has 17 heavy (non-hydrogen) atoms. The van der Waals surface area contributed by atoms with Crippen LogP contribution in [0.15, 0.2) is 23.1 Å². The SMILES string of the molecule is Cc1c(C(=O)O)c2cc(=O)cc(F)c-2cn1C. The number of aromatic carboxylic acids is 1. The Hall–Kier alpha value is -2.17. The Labute approximate surface area is 96.3 Å². The number of halogens is 1. The first-order chi connectivity index (χ1) is 7.91. The van der Waals surface area contributed by atoms with E-state index in [1.807, 2.05) is 0 Å². The lowest BCUT2D eigenvalue weighted by atomic mass is 9.97. The number of nitrogens with zero attached hydrogens (tertiary/aromatic N) is 1. The quantitative estimate of drug-likeness (QED) is 0.817. The van der Waals surface area contributed by atoms with Crippen molar-refractivity contribution in [1.29, 1.82) is 0 Å². The molecule has 2 rings (SSSR count). The molecule has 1 aliphatic heterocycles. The molecular formula is C12H10FNO3. The second kappa shape index (κ2) is 3.69. The van der Waals surface area contributed by atoms with Crippen LogP contribution < -0.4 is 5.43 Å². The van der Waals surface area contributed by atoms with Crippen LogP contribution in [0.4, 0.5) is 4.39 Å². The summed E-state index contributed by atoms with van der Waals surface area (Å²) in [5, 5.41) is 9.13. The Morgan fingerprint density at radius 3 is 2.59 bits per heavy atom. The predicted molar refractivity (Wildman–Crippen MR) is 60.0 cm³/mol. The highest BCUT2D eigenvalue weighted by Gasteiger charge is 2.21. The summed E-state index contributed by atoms with van der Waals surface area (Å²) in [5.74, 6) is -1.88. The molecule has 0 atom stereocenters. The molecule has 88 valence electrons. The molecule has 0 fully saturated rings. The van der Waals surface area contributed by atoms with Crippen molar-refractivity contribution < 1.29 is 14.3 Å². The molecule has 0 amide bonds. The number of carbonyl (C=O) groups is 1. The molecule has 1 aliphatic carbocycles. The summed E-state index contributed by atoms with van der Waals surface area (Å²) >= 11 is 0. The van der Waals surface area contributed by atoms with Crippen LogP contribution in [-0.2, 0) is 7.05 Å². The molecule has 0 spiro atoms. The second-order valence-electron chi connectivity index (χ2n) is 3.87. The number of pyridine rings is 1. The maximum absolute atomic E-state index is 13.6. The van der Waals surface area contributed by atoms with Gasteiger partial charge in [-0.3, -0.25) is 4.79 Å². The fourth-order valence-electron chi connectivity index (χ4n) is 1.86. The largest absolute Gasteiger partial charge is 0.478 e. The molecule has 0 saturated heterocycles. The minimum absolute atomic E-state index is 0.0402. The van der Waals surface area contributed by atoms with E-state index in [-0.39, 0.29) is 16.7 Å². The summed E-state index contributed by atoms with van der Waals surface area (Å²) in [7, 11) is 1.63. The summed E-state index contributed by atoms with van der Waals surface area (Å²) in [6.45, 7) is 1.61. The van der Waals surface area contributed by atoms with E-state index in [1.165, 1.54) is 10.8 Å². The Morgan fingerprint density at radius 2 is 2.00 bits per heavy atom. The fourth-order valence-corrected chi connectivity index (χ4v) is 1.86. The average Bonchev–Trinajstić information content (AvgIpc) is 2.20. The summed E-state index contributed by atoms with van der Waals surface area (Å²) < 4.78 is 15.1. The van der Waals surface area contributed by atoms with Gasteiger partial charge in [-0.15, -0.1) is 0 Å². The number of hydrogen-bond donors (Lipinski definition) is 1. The molecule has 0 aromatic heterocycles. The third-order valence-corrected chi connectivity index (χ3v) is 2.80. The second-order valence-corrected chi connectivity index (χ2v) is 3.87. The lowest BCUT2D eigenvalue weighted by Gasteiger charge is -2.16. The summed E-state index contributed by atoms with van der Waals surface area (Å²) in [6, 6.07) is 2.00. The number of aromatic nitrogens is 1. The number of fused-ring (bicyclic) bond motifs is 1. The molecule has 5 heteroatoms. The Morgan fingerprint density at radius 1 is 1.35 bits per heavy atom. The van der Waals surface area contributed by atoms with E-state index in [4.69, 9.17) is 5.11 Å². The van der Waals surface area contributed by atoms with Crippen LogP contribution in [-0.4, -0.2) is 15.6 Å². The molecule has 0 radical (unpaired) electrons. The van der Waals surface area contributed by atoms with E-state index in [0.29, 0.717) is 5.69 Å². The molecule has 0 saturated carbocycles. The van der Waals surface area contributed by atoms with Crippen LogP contribution in [0.5, 0.6) is 0 Å². The molecule has 2 aliphatic rings. The molecule has 1 heterocycles. The van der Waals surface area contributed by atoms with Crippen molar-refractivity contribution in [3.8, 4) is 11.1 Å². The molecule has 1 N–H and O–H groups in total. The van der Waals surface area contributed by atoms with Crippen molar-refractivity contribution in [1.82, 2.24) is 4.57 Å². The maximum atomic E-state index is 13.6. The third-order valence-electron chi connectivity index (χ3n) is 2.80. The lowest BCUT2D eigenvalue weighted by Crippen LogP contribution is -2.14. The highest BCUT2D eigenvalue weighted by atomic mass is 19.1. The van der Waals surface area contributed by atoms with E-state index in [9.17, 15) is 14.0 Å². The van der Waals surface area contributed by atoms with E-state index in [2.05, 4.69) is 0 Å². The Bertz CT molecular complexity index is 645. The van der Waals surface area contributed by atoms with E-state index < -0.39 is 17.2 Å². The summed E-state index contributed by atoms with van der Waals surface area (Å²) in [4.78, 5) is 22.4. The number of carboxylic acid groups (broad SMARTS) is 1. The smallest absolute Gasteiger partial charge is 0.338 e. The minimum Gasteiger partial charge on any atom is -0.478 e. The molecular weight excluding hydrogens is 225 g/mol. The molecule has 0 aromatic rings. The number of rotatable bonds is 1. The van der Waals surface area contributed by atoms with E-state index in [0.717, 1.165) is 12.1 Å². The van der Waals surface area contributed by atoms with Crippen LogP contribution in [0, 0.1) is 12.7 Å². The van der Waals surface area contributed by atoms with E-state index >= 15 is 0 Å². The Kier molecular flexibility index (Phi) is 2.46. The van der Waals surface area contributed by atoms with Gasteiger partial charge in [-0.05, 0) is 13.0 Å². The number of benzene rings is 1. The lowest BCUT2D eigenvalue weighted by molar-refractivity contribution is 0.0696. The van der Waals surface area contributed by atoms with Crippen LogP contribution >= 0.6 is 0 Å². The fraction of sp³-hybridized carbons (Fsp3) is 0.167. The monoisotopic (exact) mass is 235 g/mol. The molecule has 0 bridgehead atoms. The standard InChI is InChI=1S/C12H10FNO3/c1-6-11(12(16)17)8-3-7(15)4-10(13)9(8)5-14(6)2/h3-5H,1-2H3,(H,16,17). The van der Waals surface area contributed by atoms with Gasteiger partial charge in [0.15, 0.2) is 5.43 Å². The van der Waals surface area contributed by atoms with Gasteiger partial charge in [0.2, 0.25) is 0 Å². The van der Waals surface area contributed by atoms with Crippen LogP contribution in [0.3, 0.4) is 0 Å². The van der Waals surface area contributed by atoms with Crippen LogP contribution in [0.1, 0.15) is 16.1 Å². The van der Waals surface area contributed by atoms with Gasteiger partial charge < -0.3 is 9.67 Å². The zero-order valence-electron chi connectivity index (χ0n) is 9.32. The Balaban J connectivity index is 3.01. The molecule has 0 unspecified atom stereocenters. The number of hydrogen-bond acceptors (Lipinski definition) is 2. The number of carboxylic acids is 1. The highest BCUT2D eigenvalue weighted by molar-refractivity contribution is 5.97. The van der Waals surface area contributed by atoms with Crippen molar-refractivity contribution in [2.45, 2.75) is 6.92 Å². The first-order valence-electron chi connectivity index (χ1n) is 4.94. The minimum atomic E-state index is -1.17. The summed E-state index contributed by atoms with van der Waals surface area (Å²) in [6.07, 6.45) is 1.48. The average molecular weight is 235 g/mol. The normalized spacial score (nSPS) is 10.8. The predicted octanol–water partition coefficient (Wildman–Crippen LogP) is 1.64. The first kappa shape index (κ1) is 11.3. The van der Waals surface area contributed by atoms with E-state index in [1.54, 1.807) is 14.0 Å². The van der Waals surface area contributed by atoms with Gasteiger partial charge in [0.1, 0.15) is 5.82 Å². The summed E-state index contributed by atoms with van der Waals surface area (Å²) in [5.41, 5.74) is 0.163. The number of aryl methyl sites for hydroxylation is 1. The van der Waals surface area contributed by atoms with Crippen molar-refractivity contribution in [3.05, 3.63) is 45.6 Å². The van der Waals surface area contributed by atoms with Gasteiger partial charge in [0.05, 0.1) is 5.56 Å². The van der Waals surface area contributed by atoms with Gasteiger partial charge in [0, 0.05) is 36.1 Å². The van der Waals surface area contributed by atoms with Gasteiger partial charge in [-0.25, -0.2) is 9.18 Å². The third kappa shape index (κ3) is 1.69.